The Labute approximate surface area is 230 Å². The molecule has 0 aliphatic heterocycles. The average Bonchev–Trinajstić information content (AvgIpc) is 3.41. The van der Waals surface area contributed by atoms with Gasteiger partial charge >= 0.3 is 231 Å². The Morgan fingerprint density at radius 1 is 1.00 bits per heavy atom. The molecule has 3 aromatic carbocycles. The molecule has 0 spiro atoms. The molecular weight excluding hydrogens is 571 g/mol. The molecule has 4 nitrogen and oxygen atoms in total. The van der Waals surface area contributed by atoms with Crippen molar-refractivity contribution in [2.24, 2.45) is 0 Å². The summed E-state index contributed by atoms with van der Waals surface area (Å²) in [6, 6.07) is 20.1. The third-order valence-corrected chi connectivity index (χ3v) is 10.8. The molecule has 1 heterocycles. The van der Waals surface area contributed by atoms with Crippen LogP contribution in [-0.4, -0.2) is 36.4 Å². The molecule has 5 rings (SSSR count). The Morgan fingerprint density at radius 2 is 1.74 bits per heavy atom. The van der Waals surface area contributed by atoms with Gasteiger partial charge < -0.3 is 0 Å². The van der Waals surface area contributed by atoms with Gasteiger partial charge in [-0.25, -0.2) is 0 Å². The van der Waals surface area contributed by atoms with E-state index >= 15 is 0 Å². The zero-order valence-corrected chi connectivity index (χ0v) is 23.2. The van der Waals surface area contributed by atoms with Crippen LogP contribution in [0.5, 0.6) is 0 Å². The number of halogens is 3. The van der Waals surface area contributed by atoms with Gasteiger partial charge in [-0.1, -0.05) is 0 Å². The molecule has 0 amide bonds. The van der Waals surface area contributed by atoms with E-state index in [-0.39, 0.29) is 16.6 Å². The number of carboxylic acid groups (broad SMARTS) is 1. The summed E-state index contributed by atoms with van der Waals surface area (Å²) in [4.78, 5) is 30.4. The number of benzene rings is 3. The molecule has 0 saturated heterocycles. The Morgan fingerprint density at radius 3 is 2.45 bits per heavy atom. The van der Waals surface area contributed by atoms with Crippen LogP contribution >= 0.6 is 11.6 Å². The number of hydrogen-bond donors (Lipinski definition) is 1. The summed E-state index contributed by atoms with van der Waals surface area (Å²) in [7, 11) is 0. The van der Waals surface area contributed by atoms with Crippen LogP contribution in [0.15, 0.2) is 72.8 Å². The molecule has 0 bridgehead atoms. The topological polar surface area (TPSA) is 67.3 Å². The Kier molecular flexibility index (Phi) is 7.65. The number of aliphatic carboxylic acids is 1. The number of carbonyl (C=O) groups is 2. The van der Waals surface area contributed by atoms with Crippen LogP contribution < -0.4 is 0 Å². The summed E-state index contributed by atoms with van der Waals surface area (Å²) < 4.78 is 27.2. The van der Waals surface area contributed by atoms with Crippen LogP contribution in [0.25, 0.3) is 22.2 Å². The fourth-order valence-corrected chi connectivity index (χ4v) is 8.44. The summed E-state index contributed by atoms with van der Waals surface area (Å²) >= 11 is 4.57. The molecule has 194 valence electrons. The predicted molar refractivity (Wildman–Crippen MR) is 146 cm³/mol. The van der Waals surface area contributed by atoms with Crippen molar-refractivity contribution in [2.75, 3.05) is 0 Å². The maximum atomic E-state index is 14.2. The van der Waals surface area contributed by atoms with E-state index in [2.05, 4.69) is 4.98 Å². The number of carboxylic acids is 1. The van der Waals surface area contributed by atoms with E-state index in [9.17, 15) is 23.5 Å². The molecule has 2 unspecified atom stereocenters. The second-order valence-corrected chi connectivity index (χ2v) is 13.1. The van der Waals surface area contributed by atoms with Crippen LogP contribution in [0.2, 0.25) is 9.73 Å². The van der Waals surface area contributed by atoms with E-state index < -0.39 is 43.5 Å². The van der Waals surface area contributed by atoms with Crippen molar-refractivity contribution in [2.45, 2.75) is 42.2 Å². The number of aromatic nitrogens is 1. The van der Waals surface area contributed by atoms with Crippen molar-refractivity contribution in [3.8, 4) is 11.3 Å². The number of nitrogens with zero attached hydrogens (tertiary/aromatic N) is 1. The Hall–Kier alpha value is -3.08. The fourth-order valence-electron chi connectivity index (χ4n) is 5.28. The van der Waals surface area contributed by atoms with Crippen molar-refractivity contribution in [1.29, 1.82) is 0 Å². The summed E-state index contributed by atoms with van der Waals surface area (Å²) in [5, 5.41) is 11.4. The molecular formula is C30H25AsClF2NO3. The molecule has 1 aliphatic carbocycles. The van der Waals surface area contributed by atoms with Gasteiger partial charge in [0.25, 0.3) is 0 Å². The molecule has 1 fully saturated rings. The molecule has 2 atom stereocenters. The van der Waals surface area contributed by atoms with Crippen LogP contribution in [0.3, 0.4) is 0 Å². The SMILES string of the molecule is O=C(O)C(Cc1ccc2nc(-c3cccc(F)c3F)ccc2c1)[AsH]C(=O)C1(c2ccc(Cl)cc2)CCCC1. The monoisotopic (exact) mass is 595 g/mol. The number of pyridine rings is 1. The van der Waals surface area contributed by atoms with Gasteiger partial charge in [0.1, 0.15) is 0 Å². The predicted octanol–water partition coefficient (Wildman–Crippen LogP) is 6.72. The zero-order valence-electron chi connectivity index (χ0n) is 20.4. The van der Waals surface area contributed by atoms with Crippen molar-refractivity contribution in [1.82, 2.24) is 4.98 Å². The second-order valence-electron chi connectivity index (χ2n) is 9.69. The van der Waals surface area contributed by atoms with Crippen molar-refractivity contribution in [3.05, 3.63) is 101 Å². The maximum absolute atomic E-state index is 14.2. The van der Waals surface area contributed by atoms with E-state index in [1.165, 1.54) is 12.1 Å². The first-order chi connectivity index (χ1) is 18.3. The fraction of sp³-hybridized carbons (Fsp3) is 0.233. The quantitative estimate of drug-likeness (QED) is 0.230. The molecule has 38 heavy (non-hydrogen) atoms. The van der Waals surface area contributed by atoms with Gasteiger partial charge in [0, 0.05) is 0 Å². The minimum absolute atomic E-state index is 0.0763. The summed E-state index contributed by atoms with van der Waals surface area (Å²) in [5.74, 6) is -2.85. The second kappa shape index (κ2) is 11.0. The first kappa shape index (κ1) is 26.5. The van der Waals surface area contributed by atoms with Gasteiger partial charge in [-0.2, -0.15) is 0 Å². The normalized spacial score (nSPS) is 15.8. The van der Waals surface area contributed by atoms with Gasteiger partial charge in [0.2, 0.25) is 0 Å². The Balaban J connectivity index is 1.37. The Bertz CT molecular complexity index is 1520. The average molecular weight is 596 g/mol. The van der Waals surface area contributed by atoms with E-state index in [1.807, 2.05) is 18.2 Å². The molecule has 1 aromatic heterocycles. The van der Waals surface area contributed by atoms with Crippen LogP contribution in [0, 0.1) is 11.6 Å². The number of rotatable bonds is 8. The van der Waals surface area contributed by atoms with Gasteiger partial charge in [0.05, 0.1) is 0 Å². The van der Waals surface area contributed by atoms with Crippen LogP contribution in [0.4, 0.5) is 8.78 Å². The van der Waals surface area contributed by atoms with Gasteiger partial charge in [0.15, 0.2) is 0 Å². The van der Waals surface area contributed by atoms with E-state index in [1.54, 1.807) is 36.4 Å². The molecule has 1 saturated carbocycles. The zero-order chi connectivity index (χ0) is 26.9. The van der Waals surface area contributed by atoms with Crippen LogP contribution in [-0.2, 0) is 21.4 Å². The van der Waals surface area contributed by atoms with Gasteiger partial charge in [-0.15, -0.1) is 0 Å². The summed E-state index contributed by atoms with van der Waals surface area (Å²) in [6.45, 7) is 0. The number of carbonyl (C=O) groups excluding carboxylic acids is 1. The van der Waals surface area contributed by atoms with E-state index in [0.717, 1.165) is 48.3 Å². The standard InChI is InChI=1S/C30H25AsClF2NO3/c32-21-10-8-20(9-11-21)30(14-1-2-15-30)29(38)31-23(28(36)37)17-18-6-12-25-19(16-18)7-13-26(35-25)22-4-3-5-24(33)27(22)34/h3-13,16,23,31H,1-2,14-15,17H2,(H,36,37). The van der Waals surface area contributed by atoms with Crippen LogP contribution in [0.1, 0.15) is 36.8 Å². The first-order valence-electron chi connectivity index (χ1n) is 12.4. The van der Waals surface area contributed by atoms with Crippen molar-refractivity contribution < 1.29 is 23.5 Å². The molecule has 0 radical (unpaired) electrons. The van der Waals surface area contributed by atoms with Crippen molar-refractivity contribution in [3.63, 3.8) is 0 Å². The molecule has 1 aliphatic rings. The molecule has 8 heteroatoms. The van der Waals surface area contributed by atoms with E-state index in [4.69, 9.17) is 11.6 Å². The van der Waals surface area contributed by atoms with Crippen molar-refractivity contribution >= 4 is 48.8 Å². The van der Waals surface area contributed by atoms with E-state index in [0.29, 0.717) is 16.2 Å². The third kappa shape index (κ3) is 5.25. The molecule has 4 aromatic rings. The first-order valence-corrected chi connectivity index (χ1v) is 15.0. The third-order valence-electron chi connectivity index (χ3n) is 7.31. The van der Waals surface area contributed by atoms with Gasteiger partial charge in [-0.05, 0) is 0 Å². The summed E-state index contributed by atoms with van der Waals surface area (Å²) in [5.41, 5.74) is 2.08. The number of fused-ring (bicyclic) bond motifs is 1. The minimum atomic E-state index is -1.49. The molecule has 1 N–H and O–H groups in total. The number of hydrogen-bond acceptors (Lipinski definition) is 3. The summed E-state index contributed by atoms with van der Waals surface area (Å²) in [6.07, 6.45) is 3.60. The van der Waals surface area contributed by atoms with Gasteiger partial charge in [-0.3, -0.25) is 0 Å².